The van der Waals surface area contributed by atoms with Gasteiger partial charge in [0.15, 0.2) is 0 Å². The molecule has 6 nitrogen and oxygen atoms in total. The molecule has 1 N–H and O–H groups in total. The molecule has 36 heavy (non-hydrogen) atoms. The van der Waals surface area contributed by atoms with Crippen molar-refractivity contribution in [1.82, 2.24) is 9.88 Å². The first kappa shape index (κ1) is 23.8. The Morgan fingerprint density at radius 1 is 1.00 bits per heavy atom. The second-order valence-electron chi connectivity index (χ2n) is 9.29. The Morgan fingerprint density at radius 2 is 1.69 bits per heavy atom. The zero-order valence-electron chi connectivity index (χ0n) is 20.3. The molecule has 0 spiro atoms. The minimum absolute atomic E-state index is 0.0468. The number of hydrogen-bond donors (Lipinski definition) is 1. The van der Waals surface area contributed by atoms with Crippen molar-refractivity contribution in [2.45, 2.75) is 25.8 Å². The standard InChI is InChI=1S/C30H30N2O4/c1-21-28(31-29(36-21)24-10-6-3-7-11-24)16-17-35-25-14-12-23(13-15-25)26-19-32(20-27(26)30(33)34)18-22-8-4-2-5-9-22/h2-15,26-27H,16-20H2,1H3,(H,33,34)/t26-,27+/m1/s1. The van der Waals surface area contributed by atoms with Crippen LogP contribution in [-0.2, 0) is 17.8 Å². The van der Waals surface area contributed by atoms with E-state index in [0.29, 0.717) is 25.5 Å². The summed E-state index contributed by atoms with van der Waals surface area (Å²) >= 11 is 0. The van der Waals surface area contributed by atoms with Crippen molar-refractivity contribution in [3.05, 3.63) is 108 Å². The van der Waals surface area contributed by atoms with Crippen molar-refractivity contribution < 1.29 is 19.1 Å². The summed E-state index contributed by atoms with van der Waals surface area (Å²) in [5.41, 5.74) is 4.07. The smallest absolute Gasteiger partial charge is 0.308 e. The molecule has 1 aliphatic heterocycles. The summed E-state index contributed by atoms with van der Waals surface area (Å²) in [5.74, 6) is 0.971. The number of oxazole rings is 1. The van der Waals surface area contributed by atoms with Gasteiger partial charge in [0.05, 0.1) is 18.2 Å². The van der Waals surface area contributed by atoms with E-state index in [9.17, 15) is 9.90 Å². The SMILES string of the molecule is Cc1oc(-c2ccccc2)nc1CCOc1ccc([C@H]2CN(Cc3ccccc3)C[C@@H]2C(=O)O)cc1. The summed E-state index contributed by atoms with van der Waals surface area (Å²) < 4.78 is 11.8. The van der Waals surface area contributed by atoms with Crippen LogP contribution >= 0.6 is 0 Å². The number of aryl methyl sites for hydroxylation is 1. The largest absolute Gasteiger partial charge is 0.493 e. The topological polar surface area (TPSA) is 75.8 Å². The number of benzene rings is 3. The maximum absolute atomic E-state index is 12.0. The highest BCUT2D eigenvalue weighted by molar-refractivity contribution is 5.72. The van der Waals surface area contributed by atoms with E-state index in [4.69, 9.17) is 9.15 Å². The molecular formula is C30H30N2O4. The summed E-state index contributed by atoms with van der Waals surface area (Å²) in [5, 5.41) is 9.84. The third-order valence-corrected chi connectivity index (χ3v) is 6.79. The minimum atomic E-state index is -0.742. The zero-order chi connectivity index (χ0) is 24.9. The van der Waals surface area contributed by atoms with E-state index < -0.39 is 11.9 Å². The molecule has 184 valence electrons. The van der Waals surface area contributed by atoms with Gasteiger partial charge in [-0.2, -0.15) is 0 Å². The van der Waals surface area contributed by atoms with Gasteiger partial charge in [0.25, 0.3) is 0 Å². The molecule has 0 aliphatic carbocycles. The van der Waals surface area contributed by atoms with Crippen molar-refractivity contribution >= 4 is 5.97 Å². The van der Waals surface area contributed by atoms with Gasteiger partial charge in [-0.1, -0.05) is 60.7 Å². The Kier molecular flexibility index (Phi) is 7.14. The van der Waals surface area contributed by atoms with Gasteiger partial charge in [-0.3, -0.25) is 9.69 Å². The fraction of sp³-hybridized carbons (Fsp3) is 0.267. The number of rotatable bonds is 9. The van der Waals surface area contributed by atoms with Crippen molar-refractivity contribution in [1.29, 1.82) is 0 Å². The van der Waals surface area contributed by atoms with Gasteiger partial charge in [0.2, 0.25) is 5.89 Å². The summed E-state index contributed by atoms with van der Waals surface area (Å²) in [4.78, 5) is 18.8. The molecule has 0 radical (unpaired) electrons. The normalized spacial score (nSPS) is 17.8. The highest BCUT2D eigenvalue weighted by Gasteiger charge is 2.38. The first-order chi connectivity index (χ1) is 17.6. The molecule has 2 heterocycles. The number of hydrogen-bond acceptors (Lipinski definition) is 5. The Bertz CT molecular complexity index is 1290. The van der Waals surface area contributed by atoms with Gasteiger partial charge in [0.1, 0.15) is 11.5 Å². The Hall–Kier alpha value is -3.90. The molecule has 3 aromatic carbocycles. The number of ether oxygens (including phenoxy) is 1. The van der Waals surface area contributed by atoms with Gasteiger partial charge in [-0.05, 0) is 42.3 Å². The molecular weight excluding hydrogens is 452 g/mol. The van der Waals surface area contributed by atoms with Crippen LogP contribution in [-0.4, -0.2) is 40.7 Å². The van der Waals surface area contributed by atoms with Crippen LogP contribution in [0.15, 0.2) is 89.3 Å². The van der Waals surface area contributed by atoms with Gasteiger partial charge in [-0.25, -0.2) is 4.98 Å². The summed E-state index contributed by atoms with van der Waals surface area (Å²) in [6.07, 6.45) is 0.641. The second-order valence-corrected chi connectivity index (χ2v) is 9.29. The van der Waals surface area contributed by atoms with Crippen LogP contribution in [0, 0.1) is 12.8 Å². The number of carbonyl (C=O) groups is 1. The Morgan fingerprint density at radius 3 is 2.39 bits per heavy atom. The van der Waals surface area contributed by atoms with Crippen LogP contribution in [0.2, 0.25) is 0 Å². The molecule has 4 aromatic rings. The highest BCUT2D eigenvalue weighted by Crippen LogP contribution is 2.34. The van der Waals surface area contributed by atoms with Crippen molar-refractivity contribution in [2.24, 2.45) is 5.92 Å². The van der Waals surface area contributed by atoms with E-state index in [2.05, 4.69) is 22.0 Å². The molecule has 0 bridgehead atoms. The predicted molar refractivity (Wildman–Crippen MR) is 138 cm³/mol. The lowest BCUT2D eigenvalue weighted by Gasteiger charge is -2.17. The summed E-state index contributed by atoms with van der Waals surface area (Å²) in [7, 11) is 0. The Balaban J connectivity index is 1.18. The van der Waals surface area contributed by atoms with Gasteiger partial charge >= 0.3 is 5.97 Å². The molecule has 0 unspecified atom stereocenters. The lowest BCUT2D eigenvalue weighted by molar-refractivity contribution is -0.141. The molecule has 0 saturated carbocycles. The molecule has 1 aliphatic rings. The van der Waals surface area contributed by atoms with E-state index in [1.54, 1.807) is 0 Å². The quantitative estimate of drug-likeness (QED) is 0.336. The van der Waals surface area contributed by atoms with Crippen LogP contribution in [0.25, 0.3) is 11.5 Å². The van der Waals surface area contributed by atoms with Gasteiger partial charge in [0, 0.05) is 37.5 Å². The van der Waals surface area contributed by atoms with Crippen LogP contribution in [0.1, 0.15) is 28.5 Å². The van der Waals surface area contributed by atoms with Gasteiger partial charge < -0.3 is 14.3 Å². The zero-order valence-corrected chi connectivity index (χ0v) is 20.3. The fourth-order valence-electron chi connectivity index (χ4n) is 4.88. The number of carboxylic acids is 1. The lowest BCUT2D eigenvalue weighted by Crippen LogP contribution is -2.23. The Labute approximate surface area is 211 Å². The molecule has 5 rings (SSSR count). The number of nitrogens with zero attached hydrogens (tertiary/aromatic N) is 2. The van der Waals surface area contributed by atoms with Crippen LogP contribution in [0.4, 0.5) is 0 Å². The molecule has 1 fully saturated rings. The van der Waals surface area contributed by atoms with E-state index in [-0.39, 0.29) is 5.92 Å². The minimum Gasteiger partial charge on any atom is -0.493 e. The maximum Gasteiger partial charge on any atom is 0.308 e. The molecule has 1 saturated heterocycles. The first-order valence-corrected chi connectivity index (χ1v) is 12.3. The van der Waals surface area contributed by atoms with Crippen molar-refractivity contribution in [3.8, 4) is 17.2 Å². The molecule has 6 heteroatoms. The number of aliphatic carboxylic acids is 1. The average Bonchev–Trinajstić information content (AvgIpc) is 3.49. The van der Waals surface area contributed by atoms with Crippen LogP contribution in [0.3, 0.4) is 0 Å². The van der Waals surface area contributed by atoms with Gasteiger partial charge in [-0.15, -0.1) is 0 Å². The maximum atomic E-state index is 12.0. The van der Waals surface area contributed by atoms with E-state index in [0.717, 1.165) is 41.4 Å². The monoisotopic (exact) mass is 482 g/mol. The predicted octanol–water partition coefficient (Wildman–Crippen LogP) is 5.57. The molecule has 1 aromatic heterocycles. The van der Waals surface area contributed by atoms with E-state index >= 15 is 0 Å². The average molecular weight is 483 g/mol. The summed E-state index contributed by atoms with van der Waals surface area (Å²) in [6.45, 7) is 4.43. The van der Waals surface area contributed by atoms with Crippen LogP contribution in [0.5, 0.6) is 5.75 Å². The van der Waals surface area contributed by atoms with E-state index in [1.807, 2.05) is 79.7 Å². The second kappa shape index (κ2) is 10.8. The van der Waals surface area contributed by atoms with E-state index in [1.165, 1.54) is 5.56 Å². The fourth-order valence-corrected chi connectivity index (χ4v) is 4.88. The third-order valence-electron chi connectivity index (χ3n) is 6.79. The molecule has 2 atom stereocenters. The molecule has 0 amide bonds. The highest BCUT2D eigenvalue weighted by atomic mass is 16.5. The van der Waals surface area contributed by atoms with Crippen molar-refractivity contribution in [2.75, 3.05) is 19.7 Å². The lowest BCUT2D eigenvalue weighted by atomic mass is 9.89. The first-order valence-electron chi connectivity index (χ1n) is 12.3. The summed E-state index contributed by atoms with van der Waals surface area (Å²) in [6, 6.07) is 27.9. The number of aromatic nitrogens is 1. The van der Waals surface area contributed by atoms with Crippen LogP contribution < -0.4 is 4.74 Å². The number of likely N-dealkylation sites (tertiary alicyclic amines) is 1. The van der Waals surface area contributed by atoms with Crippen molar-refractivity contribution in [3.63, 3.8) is 0 Å². The number of carboxylic acid groups (broad SMARTS) is 1. The third kappa shape index (κ3) is 5.50.